The summed E-state index contributed by atoms with van der Waals surface area (Å²) in [5, 5.41) is 10.3. The van der Waals surface area contributed by atoms with E-state index in [1.54, 1.807) is 13.8 Å². The van der Waals surface area contributed by atoms with Crippen molar-refractivity contribution in [3.63, 3.8) is 0 Å². The Kier molecular flexibility index (Phi) is 2.49. The molecule has 1 aromatic heterocycles. The van der Waals surface area contributed by atoms with Crippen molar-refractivity contribution >= 4 is 12.0 Å². The lowest BCUT2D eigenvalue weighted by Gasteiger charge is -2.12. The van der Waals surface area contributed by atoms with Crippen molar-refractivity contribution in [1.82, 2.24) is 0 Å². The van der Waals surface area contributed by atoms with Gasteiger partial charge >= 0.3 is 5.88 Å². The van der Waals surface area contributed by atoms with E-state index in [-0.39, 0.29) is 11.6 Å². The van der Waals surface area contributed by atoms with Crippen molar-refractivity contribution in [3.8, 4) is 0 Å². The van der Waals surface area contributed by atoms with Crippen LogP contribution in [0.25, 0.3) is 0 Å². The normalized spacial score (nSPS) is 10.7. The molecule has 0 amide bonds. The zero-order chi connectivity index (χ0) is 10.8. The average molecular weight is 196 g/mol. The van der Waals surface area contributed by atoms with Crippen LogP contribution in [0.15, 0.2) is 21.5 Å². The highest BCUT2D eigenvalue weighted by molar-refractivity contribution is 5.36. The lowest BCUT2D eigenvalue weighted by atomic mass is 10.0. The first-order valence-electron chi connectivity index (χ1n) is 3.81. The molecule has 0 fully saturated rings. The summed E-state index contributed by atoms with van der Waals surface area (Å²) in [7, 11) is 0. The van der Waals surface area contributed by atoms with Gasteiger partial charge in [-0.3, -0.25) is 10.1 Å². The Balaban J connectivity index is 3.08. The average Bonchev–Trinajstić information content (AvgIpc) is 2.51. The summed E-state index contributed by atoms with van der Waals surface area (Å²) in [6.07, 6.45) is 1.39. The predicted molar refractivity (Wildman–Crippen MR) is 46.5 cm³/mol. The molecule has 0 aliphatic rings. The van der Waals surface area contributed by atoms with Gasteiger partial charge in [0.05, 0.1) is 6.07 Å². The van der Waals surface area contributed by atoms with Crippen LogP contribution >= 0.6 is 0 Å². The fourth-order valence-corrected chi connectivity index (χ4v) is 0.924. The third kappa shape index (κ3) is 1.86. The number of nitro groups is 1. The van der Waals surface area contributed by atoms with E-state index in [1.165, 1.54) is 18.2 Å². The molecule has 0 N–H and O–H groups in total. The largest absolute Gasteiger partial charge is 0.433 e. The van der Waals surface area contributed by atoms with Crippen molar-refractivity contribution in [2.24, 2.45) is 4.99 Å². The van der Waals surface area contributed by atoms with Gasteiger partial charge in [0.25, 0.3) is 0 Å². The summed E-state index contributed by atoms with van der Waals surface area (Å²) < 4.78 is 4.89. The van der Waals surface area contributed by atoms with Crippen LogP contribution in [0.2, 0.25) is 0 Å². The van der Waals surface area contributed by atoms with Crippen LogP contribution in [0, 0.1) is 10.1 Å². The first-order chi connectivity index (χ1) is 6.47. The number of hydrogen-bond donors (Lipinski definition) is 0. The molecule has 74 valence electrons. The zero-order valence-electron chi connectivity index (χ0n) is 7.68. The molecular formula is C8H8N2O4. The van der Waals surface area contributed by atoms with Gasteiger partial charge in [0.15, 0.2) is 0 Å². The van der Waals surface area contributed by atoms with Crippen LogP contribution in [0.3, 0.4) is 0 Å². The summed E-state index contributed by atoms with van der Waals surface area (Å²) in [5.41, 5.74) is -0.921. The van der Waals surface area contributed by atoms with Gasteiger partial charge in [0, 0.05) is 0 Å². The summed E-state index contributed by atoms with van der Waals surface area (Å²) >= 11 is 0. The molecule has 0 saturated carbocycles. The van der Waals surface area contributed by atoms with Gasteiger partial charge in [-0.1, -0.05) is 0 Å². The van der Waals surface area contributed by atoms with Gasteiger partial charge in [-0.15, -0.1) is 0 Å². The maximum Gasteiger partial charge on any atom is 0.433 e. The molecule has 0 atom stereocenters. The van der Waals surface area contributed by atoms with Crippen molar-refractivity contribution in [2.75, 3.05) is 0 Å². The van der Waals surface area contributed by atoms with Gasteiger partial charge in [0.2, 0.25) is 6.08 Å². The minimum absolute atomic E-state index is 0.257. The summed E-state index contributed by atoms with van der Waals surface area (Å²) in [5.74, 6) is -0.110. The predicted octanol–water partition coefficient (Wildman–Crippen LogP) is 1.76. The maximum absolute atomic E-state index is 10.3. The minimum atomic E-state index is -0.921. The Morgan fingerprint density at radius 2 is 2.21 bits per heavy atom. The molecule has 0 spiro atoms. The molecule has 6 nitrogen and oxygen atoms in total. The monoisotopic (exact) mass is 196 g/mol. The van der Waals surface area contributed by atoms with Crippen LogP contribution in [0.1, 0.15) is 19.6 Å². The molecule has 0 saturated heterocycles. The van der Waals surface area contributed by atoms with Crippen molar-refractivity contribution in [1.29, 1.82) is 0 Å². The number of rotatable bonds is 3. The van der Waals surface area contributed by atoms with E-state index < -0.39 is 10.5 Å². The second-order valence-corrected chi connectivity index (χ2v) is 3.16. The van der Waals surface area contributed by atoms with Gasteiger partial charge in [0.1, 0.15) is 16.2 Å². The van der Waals surface area contributed by atoms with E-state index in [4.69, 9.17) is 4.42 Å². The molecular weight excluding hydrogens is 188 g/mol. The highest BCUT2D eigenvalue weighted by Crippen LogP contribution is 2.28. The van der Waals surface area contributed by atoms with Crippen molar-refractivity contribution in [3.05, 3.63) is 28.0 Å². The summed E-state index contributed by atoms with van der Waals surface area (Å²) in [4.78, 5) is 23.2. The summed E-state index contributed by atoms with van der Waals surface area (Å²) in [6.45, 7) is 3.20. The first kappa shape index (κ1) is 10.1. The fraction of sp³-hybridized carbons (Fsp3) is 0.375. The van der Waals surface area contributed by atoms with Gasteiger partial charge < -0.3 is 4.42 Å². The third-order valence-corrected chi connectivity index (χ3v) is 1.70. The first-order valence-corrected chi connectivity index (χ1v) is 3.81. The lowest BCUT2D eigenvalue weighted by molar-refractivity contribution is -0.402. The molecule has 0 unspecified atom stereocenters. The molecule has 0 aliphatic heterocycles. The lowest BCUT2D eigenvalue weighted by Crippen LogP contribution is -2.11. The van der Waals surface area contributed by atoms with E-state index in [9.17, 15) is 14.9 Å². The van der Waals surface area contributed by atoms with E-state index in [0.717, 1.165) is 0 Å². The second-order valence-electron chi connectivity index (χ2n) is 3.16. The van der Waals surface area contributed by atoms with Crippen LogP contribution in [-0.4, -0.2) is 11.0 Å². The number of hydrogen-bond acceptors (Lipinski definition) is 5. The molecule has 0 aromatic carbocycles. The number of furan rings is 1. The Morgan fingerprint density at radius 3 is 2.64 bits per heavy atom. The molecule has 1 aromatic rings. The molecule has 0 aliphatic carbocycles. The smallest absolute Gasteiger partial charge is 0.403 e. The maximum atomic E-state index is 10.3. The van der Waals surface area contributed by atoms with Crippen molar-refractivity contribution in [2.45, 2.75) is 19.4 Å². The summed E-state index contributed by atoms with van der Waals surface area (Å²) in [6, 6.07) is 2.64. The highest BCUT2D eigenvalue weighted by atomic mass is 16.6. The van der Waals surface area contributed by atoms with Gasteiger partial charge in [-0.05, 0) is 19.9 Å². The van der Waals surface area contributed by atoms with Crippen molar-refractivity contribution < 1.29 is 14.1 Å². The molecule has 1 rings (SSSR count). The highest BCUT2D eigenvalue weighted by Gasteiger charge is 2.26. The van der Waals surface area contributed by atoms with E-state index >= 15 is 0 Å². The molecule has 6 heteroatoms. The topological polar surface area (TPSA) is 85.7 Å². The zero-order valence-corrected chi connectivity index (χ0v) is 7.68. The van der Waals surface area contributed by atoms with Crippen LogP contribution in [0.4, 0.5) is 5.88 Å². The second kappa shape index (κ2) is 3.43. The van der Waals surface area contributed by atoms with E-state index in [0.29, 0.717) is 0 Å². The molecule has 0 bridgehead atoms. The minimum Gasteiger partial charge on any atom is -0.403 e. The fourth-order valence-electron chi connectivity index (χ4n) is 0.924. The van der Waals surface area contributed by atoms with Gasteiger partial charge in [-0.25, -0.2) is 4.79 Å². The standard InChI is InChI=1S/C8H8N2O4/c1-8(2,9-5-11)6-3-4-7(14-6)10(12)13/h3-4H,1-2H3. The van der Waals surface area contributed by atoms with E-state index in [2.05, 4.69) is 4.99 Å². The van der Waals surface area contributed by atoms with Crippen LogP contribution in [0.5, 0.6) is 0 Å². The van der Waals surface area contributed by atoms with E-state index in [1.807, 2.05) is 0 Å². The Morgan fingerprint density at radius 1 is 1.57 bits per heavy atom. The Bertz CT molecular complexity index is 401. The molecule has 14 heavy (non-hydrogen) atoms. The van der Waals surface area contributed by atoms with Gasteiger partial charge in [-0.2, -0.15) is 4.99 Å². The van der Waals surface area contributed by atoms with Crippen LogP contribution in [-0.2, 0) is 10.3 Å². The Hall–Kier alpha value is -1.94. The Labute approximate surface area is 79.4 Å². The number of carbonyl (C=O) groups excluding carboxylic acids is 1. The number of nitrogens with zero attached hydrogens (tertiary/aromatic N) is 2. The quantitative estimate of drug-likeness (QED) is 0.319. The SMILES string of the molecule is CC(C)(N=C=O)c1ccc([N+](=O)[O-])o1. The number of aliphatic imine (C=N–C) groups is 1. The molecule has 0 radical (unpaired) electrons. The number of isocyanates is 1. The van der Waals surface area contributed by atoms with Crippen LogP contribution < -0.4 is 0 Å². The molecule has 1 heterocycles. The third-order valence-electron chi connectivity index (χ3n) is 1.70.